The molecule has 1 heterocycles. The monoisotopic (exact) mass is 255 g/mol. The van der Waals surface area contributed by atoms with Crippen LogP contribution in [-0.2, 0) is 0 Å². The van der Waals surface area contributed by atoms with Crippen molar-refractivity contribution in [3.05, 3.63) is 18.1 Å². The highest BCUT2D eigenvalue weighted by Gasteiger charge is 2.29. The predicted octanol–water partition coefficient (Wildman–Crippen LogP) is 2.15. The SMILES string of the molecule is Cc1nccc(N(CCBr)C2CC2)n1. The van der Waals surface area contributed by atoms with Crippen molar-refractivity contribution in [1.29, 1.82) is 0 Å². The standard InChI is InChI=1S/C10H14BrN3/c1-8-12-6-4-10(13-8)14(7-5-11)9-2-3-9/h4,6,9H,2-3,5,7H2,1H3. The zero-order valence-corrected chi connectivity index (χ0v) is 9.87. The summed E-state index contributed by atoms with van der Waals surface area (Å²) in [6, 6.07) is 2.70. The van der Waals surface area contributed by atoms with Crippen molar-refractivity contribution in [2.24, 2.45) is 0 Å². The number of rotatable bonds is 4. The molecule has 4 heteroatoms. The lowest BCUT2D eigenvalue weighted by atomic mass is 10.4. The van der Waals surface area contributed by atoms with Gasteiger partial charge in [0.05, 0.1) is 0 Å². The number of anilines is 1. The second-order valence-electron chi connectivity index (χ2n) is 3.58. The van der Waals surface area contributed by atoms with Crippen molar-refractivity contribution in [3.8, 4) is 0 Å². The van der Waals surface area contributed by atoms with Crippen LogP contribution in [0.3, 0.4) is 0 Å². The van der Waals surface area contributed by atoms with E-state index in [2.05, 4.69) is 30.8 Å². The summed E-state index contributed by atoms with van der Waals surface area (Å²) < 4.78 is 0. The van der Waals surface area contributed by atoms with E-state index in [1.54, 1.807) is 0 Å². The Balaban J connectivity index is 2.16. The van der Waals surface area contributed by atoms with E-state index in [1.165, 1.54) is 12.8 Å². The van der Waals surface area contributed by atoms with Crippen LogP contribution in [0.25, 0.3) is 0 Å². The van der Waals surface area contributed by atoms with Crippen LogP contribution in [0.2, 0.25) is 0 Å². The molecule has 1 aliphatic rings. The van der Waals surface area contributed by atoms with E-state index in [0.29, 0.717) is 6.04 Å². The second kappa shape index (κ2) is 4.26. The summed E-state index contributed by atoms with van der Waals surface area (Å²) in [4.78, 5) is 10.9. The van der Waals surface area contributed by atoms with Crippen LogP contribution in [0.1, 0.15) is 18.7 Å². The summed E-state index contributed by atoms with van der Waals surface area (Å²) in [6.07, 6.45) is 4.44. The first-order chi connectivity index (χ1) is 6.81. The minimum Gasteiger partial charge on any atom is -0.353 e. The van der Waals surface area contributed by atoms with Crippen LogP contribution in [0.5, 0.6) is 0 Å². The molecule has 0 aliphatic heterocycles. The molecule has 0 amide bonds. The minimum atomic E-state index is 0.710. The number of hydrogen-bond donors (Lipinski definition) is 0. The van der Waals surface area contributed by atoms with Crippen LogP contribution in [0.4, 0.5) is 5.82 Å². The largest absolute Gasteiger partial charge is 0.353 e. The van der Waals surface area contributed by atoms with E-state index in [-0.39, 0.29) is 0 Å². The fourth-order valence-electron chi connectivity index (χ4n) is 1.57. The van der Waals surface area contributed by atoms with Crippen molar-refractivity contribution in [2.45, 2.75) is 25.8 Å². The topological polar surface area (TPSA) is 29.0 Å². The summed E-state index contributed by atoms with van der Waals surface area (Å²) in [5, 5.41) is 0.993. The minimum absolute atomic E-state index is 0.710. The number of hydrogen-bond acceptors (Lipinski definition) is 3. The fraction of sp³-hybridized carbons (Fsp3) is 0.600. The Labute approximate surface area is 92.7 Å². The van der Waals surface area contributed by atoms with E-state index in [0.717, 1.165) is 23.5 Å². The fourth-order valence-corrected chi connectivity index (χ4v) is 1.95. The molecule has 3 nitrogen and oxygen atoms in total. The van der Waals surface area contributed by atoms with Crippen molar-refractivity contribution in [1.82, 2.24) is 9.97 Å². The first-order valence-electron chi connectivity index (χ1n) is 4.93. The summed E-state index contributed by atoms with van der Waals surface area (Å²) in [6.45, 7) is 2.96. The molecule has 76 valence electrons. The lowest BCUT2D eigenvalue weighted by Gasteiger charge is -2.22. The molecule has 0 unspecified atom stereocenters. The van der Waals surface area contributed by atoms with Crippen LogP contribution >= 0.6 is 15.9 Å². The summed E-state index contributed by atoms with van der Waals surface area (Å²) in [7, 11) is 0. The van der Waals surface area contributed by atoms with Crippen LogP contribution in [0.15, 0.2) is 12.3 Å². The smallest absolute Gasteiger partial charge is 0.132 e. The summed E-state index contributed by atoms with van der Waals surface area (Å²) in [5.74, 6) is 1.92. The zero-order valence-electron chi connectivity index (χ0n) is 8.28. The first-order valence-corrected chi connectivity index (χ1v) is 6.05. The van der Waals surface area contributed by atoms with Crippen molar-refractivity contribution >= 4 is 21.7 Å². The maximum absolute atomic E-state index is 4.45. The normalized spacial score (nSPS) is 15.6. The van der Waals surface area contributed by atoms with Gasteiger partial charge in [-0.3, -0.25) is 0 Å². The second-order valence-corrected chi connectivity index (χ2v) is 4.37. The van der Waals surface area contributed by atoms with E-state index in [4.69, 9.17) is 0 Å². The highest BCUT2D eigenvalue weighted by Crippen LogP contribution is 2.30. The number of halogens is 1. The maximum atomic E-state index is 4.45. The molecule has 0 saturated heterocycles. The molecule has 1 saturated carbocycles. The molecule has 0 bridgehead atoms. The van der Waals surface area contributed by atoms with Crippen molar-refractivity contribution in [2.75, 3.05) is 16.8 Å². The molecule has 1 fully saturated rings. The third kappa shape index (κ3) is 2.23. The summed E-state index contributed by atoms with van der Waals surface area (Å²) >= 11 is 3.48. The van der Waals surface area contributed by atoms with Gasteiger partial charge in [-0.2, -0.15) is 0 Å². The molecule has 1 aromatic heterocycles. The number of alkyl halides is 1. The van der Waals surface area contributed by atoms with Gasteiger partial charge in [-0.15, -0.1) is 0 Å². The average Bonchev–Trinajstić information content (AvgIpc) is 2.97. The molecule has 1 aliphatic carbocycles. The van der Waals surface area contributed by atoms with Gasteiger partial charge in [-0.1, -0.05) is 15.9 Å². The lowest BCUT2D eigenvalue weighted by Crippen LogP contribution is -2.28. The van der Waals surface area contributed by atoms with Gasteiger partial charge >= 0.3 is 0 Å². The maximum Gasteiger partial charge on any atom is 0.132 e. The van der Waals surface area contributed by atoms with Crippen LogP contribution in [0, 0.1) is 6.92 Å². The van der Waals surface area contributed by atoms with E-state index >= 15 is 0 Å². The number of nitrogens with zero attached hydrogens (tertiary/aromatic N) is 3. The molecule has 2 rings (SSSR count). The Bertz CT molecular complexity index is 312. The van der Waals surface area contributed by atoms with Gasteiger partial charge in [0.1, 0.15) is 11.6 Å². The molecule has 0 N–H and O–H groups in total. The lowest BCUT2D eigenvalue weighted by molar-refractivity contribution is 0.806. The number of aryl methyl sites for hydroxylation is 1. The first kappa shape index (κ1) is 9.90. The third-order valence-corrected chi connectivity index (χ3v) is 2.72. The Morgan fingerprint density at radius 3 is 2.93 bits per heavy atom. The van der Waals surface area contributed by atoms with Crippen LogP contribution in [-0.4, -0.2) is 27.9 Å². The Hall–Kier alpha value is -0.640. The molecule has 14 heavy (non-hydrogen) atoms. The molecule has 0 spiro atoms. The zero-order chi connectivity index (χ0) is 9.97. The molecular formula is C10H14BrN3. The highest BCUT2D eigenvalue weighted by atomic mass is 79.9. The Morgan fingerprint density at radius 1 is 1.57 bits per heavy atom. The Morgan fingerprint density at radius 2 is 2.36 bits per heavy atom. The molecule has 1 aromatic rings. The molecule has 0 aromatic carbocycles. The van der Waals surface area contributed by atoms with E-state index in [9.17, 15) is 0 Å². The van der Waals surface area contributed by atoms with E-state index in [1.807, 2.05) is 19.2 Å². The quantitative estimate of drug-likeness (QED) is 0.773. The average molecular weight is 256 g/mol. The predicted molar refractivity (Wildman–Crippen MR) is 60.9 cm³/mol. The van der Waals surface area contributed by atoms with Crippen molar-refractivity contribution in [3.63, 3.8) is 0 Å². The van der Waals surface area contributed by atoms with Gasteiger partial charge in [0.25, 0.3) is 0 Å². The summed E-state index contributed by atoms with van der Waals surface area (Å²) in [5.41, 5.74) is 0. The Kier molecular flexibility index (Phi) is 3.01. The molecule has 0 radical (unpaired) electrons. The van der Waals surface area contributed by atoms with Gasteiger partial charge in [-0.25, -0.2) is 9.97 Å². The molecule has 0 atom stereocenters. The molecular weight excluding hydrogens is 242 g/mol. The third-order valence-electron chi connectivity index (χ3n) is 2.37. The van der Waals surface area contributed by atoms with Gasteiger partial charge < -0.3 is 4.90 Å². The highest BCUT2D eigenvalue weighted by molar-refractivity contribution is 9.09. The number of aromatic nitrogens is 2. The van der Waals surface area contributed by atoms with Crippen LogP contribution < -0.4 is 4.90 Å². The van der Waals surface area contributed by atoms with Gasteiger partial charge in [0.2, 0.25) is 0 Å². The van der Waals surface area contributed by atoms with Crippen molar-refractivity contribution < 1.29 is 0 Å². The van der Waals surface area contributed by atoms with E-state index < -0.39 is 0 Å². The van der Waals surface area contributed by atoms with Gasteiger partial charge in [0, 0.05) is 24.1 Å². The van der Waals surface area contributed by atoms with Gasteiger partial charge in [-0.05, 0) is 25.8 Å². The van der Waals surface area contributed by atoms with Gasteiger partial charge in [0.15, 0.2) is 0 Å².